The lowest BCUT2D eigenvalue weighted by Gasteiger charge is -2.10. The number of fused-ring (bicyclic) bond motifs is 1. The van der Waals surface area contributed by atoms with Gasteiger partial charge in [-0.1, -0.05) is 78.9 Å². The average Bonchev–Trinajstić information content (AvgIpc) is 3.00. The van der Waals surface area contributed by atoms with Crippen LogP contribution in [0.3, 0.4) is 0 Å². The Balaban J connectivity index is 1.74. The molecule has 1 aliphatic carbocycles. The zero-order valence-electron chi connectivity index (χ0n) is 12.0. The highest BCUT2D eigenvalue weighted by molar-refractivity contribution is 5.70. The summed E-state index contributed by atoms with van der Waals surface area (Å²) in [5.41, 5.74) is 7.27. The molecule has 0 nitrogen and oxygen atoms in total. The van der Waals surface area contributed by atoms with E-state index in [0.29, 0.717) is 5.92 Å². The summed E-state index contributed by atoms with van der Waals surface area (Å²) in [5.74, 6) is 0.631. The third kappa shape index (κ3) is 2.27. The topological polar surface area (TPSA) is 0 Å². The third-order valence-electron chi connectivity index (χ3n) is 4.55. The van der Waals surface area contributed by atoms with Crippen molar-refractivity contribution in [2.24, 2.45) is 0 Å². The summed E-state index contributed by atoms with van der Waals surface area (Å²) >= 11 is 0. The van der Waals surface area contributed by atoms with Crippen molar-refractivity contribution >= 4 is 0 Å². The fourth-order valence-electron chi connectivity index (χ4n) is 3.50. The first-order valence-corrected chi connectivity index (χ1v) is 7.63. The van der Waals surface area contributed by atoms with E-state index < -0.39 is 0 Å². The van der Waals surface area contributed by atoms with Crippen molar-refractivity contribution in [3.05, 3.63) is 95.6 Å². The van der Waals surface area contributed by atoms with E-state index in [0.717, 1.165) is 6.42 Å². The van der Waals surface area contributed by atoms with Gasteiger partial charge in [0.05, 0.1) is 0 Å². The highest BCUT2D eigenvalue weighted by Crippen LogP contribution is 2.39. The van der Waals surface area contributed by atoms with Crippen molar-refractivity contribution in [2.45, 2.75) is 18.8 Å². The zero-order chi connectivity index (χ0) is 14.1. The Morgan fingerprint density at radius 2 is 1.33 bits per heavy atom. The van der Waals surface area contributed by atoms with Crippen LogP contribution in [0.2, 0.25) is 0 Å². The van der Waals surface area contributed by atoms with Crippen molar-refractivity contribution in [3.63, 3.8) is 0 Å². The minimum Gasteiger partial charge on any atom is -0.0622 e. The Morgan fingerprint density at radius 3 is 2.10 bits per heavy atom. The van der Waals surface area contributed by atoms with E-state index in [9.17, 15) is 0 Å². The van der Waals surface area contributed by atoms with Gasteiger partial charge in [-0.3, -0.25) is 0 Å². The van der Waals surface area contributed by atoms with Crippen LogP contribution in [0.25, 0.3) is 11.1 Å². The molecule has 0 saturated carbocycles. The van der Waals surface area contributed by atoms with Crippen molar-refractivity contribution in [1.29, 1.82) is 0 Å². The van der Waals surface area contributed by atoms with Crippen molar-refractivity contribution < 1.29 is 0 Å². The maximum atomic E-state index is 2.30. The van der Waals surface area contributed by atoms with Gasteiger partial charge in [0, 0.05) is 0 Å². The zero-order valence-corrected chi connectivity index (χ0v) is 12.0. The normalized spacial score (nSPS) is 16.7. The van der Waals surface area contributed by atoms with E-state index in [4.69, 9.17) is 0 Å². The van der Waals surface area contributed by atoms with Gasteiger partial charge in [-0.2, -0.15) is 0 Å². The Kier molecular flexibility index (Phi) is 3.08. The van der Waals surface area contributed by atoms with Gasteiger partial charge < -0.3 is 0 Å². The van der Waals surface area contributed by atoms with Gasteiger partial charge in [0.1, 0.15) is 0 Å². The maximum absolute atomic E-state index is 2.30. The molecule has 1 atom stereocenters. The summed E-state index contributed by atoms with van der Waals surface area (Å²) in [6.07, 6.45) is 2.32. The first kappa shape index (κ1) is 12.4. The van der Waals surface area contributed by atoms with Crippen LogP contribution < -0.4 is 0 Å². The van der Waals surface area contributed by atoms with Gasteiger partial charge in [0.15, 0.2) is 0 Å². The molecular formula is C21H18. The Hall–Kier alpha value is -2.34. The minimum absolute atomic E-state index is 0.631. The number of rotatable bonds is 2. The molecule has 1 unspecified atom stereocenters. The second kappa shape index (κ2) is 5.21. The van der Waals surface area contributed by atoms with Gasteiger partial charge in [0.2, 0.25) is 0 Å². The van der Waals surface area contributed by atoms with Crippen LogP contribution in [0.15, 0.2) is 78.9 Å². The van der Waals surface area contributed by atoms with Crippen LogP contribution in [0.4, 0.5) is 0 Å². The molecular weight excluding hydrogens is 252 g/mol. The molecule has 0 saturated heterocycles. The summed E-state index contributed by atoms with van der Waals surface area (Å²) in [6, 6.07) is 28.4. The van der Waals surface area contributed by atoms with Gasteiger partial charge in [-0.25, -0.2) is 0 Å². The third-order valence-corrected chi connectivity index (χ3v) is 4.55. The molecule has 102 valence electrons. The van der Waals surface area contributed by atoms with Gasteiger partial charge in [-0.15, -0.1) is 0 Å². The lowest BCUT2D eigenvalue weighted by atomic mass is 9.94. The van der Waals surface area contributed by atoms with Crippen LogP contribution in [-0.2, 0) is 12.8 Å². The van der Waals surface area contributed by atoms with E-state index in [1.165, 1.54) is 34.2 Å². The molecule has 0 N–H and O–H groups in total. The van der Waals surface area contributed by atoms with E-state index in [1.807, 2.05) is 0 Å². The average molecular weight is 270 g/mol. The van der Waals surface area contributed by atoms with Crippen LogP contribution >= 0.6 is 0 Å². The maximum Gasteiger partial charge on any atom is -0.00806 e. The van der Waals surface area contributed by atoms with Crippen molar-refractivity contribution in [3.8, 4) is 11.1 Å². The molecule has 0 amide bonds. The first-order chi connectivity index (χ1) is 10.4. The fraction of sp³-hybridized carbons (Fsp3) is 0.143. The molecule has 3 aromatic rings. The van der Waals surface area contributed by atoms with Gasteiger partial charge in [0.25, 0.3) is 0 Å². The predicted octanol–water partition coefficient (Wildman–Crippen LogP) is 5.24. The Morgan fingerprint density at radius 1 is 0.619 bits per heavy atom. The standard InChI is InChI=1S/C21H18/c1-3-8-16(9-4-1)19-14-18-12-7-13-20(21(18)15-19)17-10-5-2-6-11-17/h1-13,19H,14-15H2. The summed E-state index contributed by atoms with van der Waals surface area (Å²) in [4.78, 5) is 0. The van der Waals surface area contributed by atoms with Crippen LogP contribution in [0.1, 0.15) is 22.6 Å². The van der Waals surface area contributed by atoms with Crippen LogP contribution in [0.5, 0.6) is 0 Å². The first-order valence-electron chi connectivity index (χ1n) is 7.63. The highest BCUT2D eigenvalue weighted by atomic mass is 14.3. The minimum atomic E-state index is 0.631. The summed E-state index contributed by atoms with van der Waals surface area (Å²) in [6.45, 7) is 0. The molecule has 0 aliphatic heterocycles. The molecule has 0 radical (unpaired) electrons. The monoisotopic (exact) mass is 270 g/mol. The van der Waals surface area contributed by atoms with Crippen molar-refractivity contribution in [2.75, 3.05) is 0 Å². The smallest absolute Gasteiger partial charge is 0.00806 e. The molecule has 0 heterocycles. The Labute approximate surface area is 126 Å². The van der Waals surface area contributed by atoms with Gasteiger partial charge in [-0.05, 0) is 46.6 Å². The van der Waals surface area contributed by atoms with E-state index in [1.54, 1.807) is 0 Å². The quantitative estimate of drug-likeness (QED) is 0.597. The summed E-state index contributed by atoms with van der Waals surface area (Å²) in [7, 11) is 0. The van der Waals surface area contributed by atoms with Crippen LogP contribution in [0, 0.1) is 0 Å². The number of benzene rings is 3. The largest absolute Gasteiger partial charge is 0.0622 e. The fourth-order valence-corrected chi connectivity index (χ4v) is 3.50. The molecule has 3 aromatic carbocycles. The highest BCUT2D eigenvalue weighted by Gasteiger charge is 2.24. The second-order valence-electron chi connectivity index (χ2n) is 5.83. The molecule has 0 aromatic heterocycles. The summed E-state index contributed by atoms with van der Waals surface area (Å²) in [5, 5.41) is 0. The van der Waals surface area contributed by atoms with E-state index in [-0.39, 0.29) is 0 Å². The summed E-state index contributed by atoms with van der Waals surface area (Å²) < 4.78 is 0. The molecule has 0 spiro atoms. The lowest BCUT2D eigenvalue weighted by molar-refractivity contribution is 0.742. The lowest BCUT2D eigenvalue weighted by Crippen LogP contribution is -1.97. The number of hydrogen-bond acceptors (Lipinski definition) is 0. The van der Waals surface area contributed by atoms with Crippen molar-refractivity contribution in [1.82, 2.24) is 0 Å². The Bertz CT molecular complexity index is 742. The molecule has 4 rings (SSSR count). The second-order valence-corrected chi connectivity index (χ2v) is 5.83. The molecule has 21 heavy (non-hydrogen) atoms. The van der Waals surface area contributed by atoms with E-state index in [2.05, 4.69) is 78.9 Å². The predicted molar refractivity (Wildman–Crippen MR) is 88.5 cm³/mol. The molecule has 0 bridgehead atoms. The molecule has 0 fully saturated rings. The van der Waals surface area contributed by atoms with E-state index >= 15 is 0 Å². The SMILES string of the molecule is c1ccc(-c2cccc3c2CC(c2ccccc2)C3)cc1. The van der Waals surface area contributed by atoms with Crippen LogP contribution in [-0.4, -0.2) is 0 Å². The molecule has 1 aliphatic rings. The number of hydrogen-bond donors (Lipinski definition) is 0. The van der Waals surface area contributed by atoms with Gasteiger partial charge >= 0.3 is 0 Å². The molecule has 0 heteroatoms.